The predicted molar refractivity (Wildman–Crippen MR) is 106 cm³/mol. The van der Waals surface area contributed by atoms with Crippen molar-refractivity contribution in [2.45, 2.75) is 19.0 Å². The van der Waals surface area contributed by atoms with Crippen LogP contribution in [0.25, 0.3) is 5.65 Å². The number of amides is 1. The molecule has 3 aromatic rings. The van der Waals surface area contributed by atoms with Gasteiger partial charge >= 0.3 is 11.7 Å². The molecule has 0 unspecified atom stereocenters. The predicted octanol–water partition coefficient (Wildman–Crippen LogP) is 2.31. The largest absolute Gasteiger partial charge is 0.462 e. The number of hydrogen-bond donors (Lipinski definition) is 1. The number of para-hydroxylation sites is 1. The van der Waals surface area contributed by atoms with E-state index in [2.05, 4.69) is 15.3 Å². The summed E-state index contributed by atoms with van der Waals surface area (Å²) in [6.45, 7) is 3.80. The number of esters is 1. The second kappa shape index (κ2) is 8.66. The lowest BCUT2D eigenvalue weighted by Gasteiger charge is -2.10. The average Bonchev–Trinajstić information content (AvgIpc) is 2.68. The van der Waals surface area contributed by atoms with E-state index in [9.17, 15) is 14.4 Å². The molecule has 0 atom stereocenters. The van der Waals surface area contributed by atoms with E-state index >= 15 is 0 Å². The van der Waals surface area contributed by atoms with Gasteiger partial charge in [0.15, 0.2) is 5.16 Å². The molecule has 0 saturated heterocycles. The number of anilines is 1. The first-order valence-electron chi connectivity index (χ1n) is 8.54. The molecular weight excluding hydrogens is 380 g/mol. The molecule has 1 N–H and O–H groups in total. The summed E-state index contributed by atoms with van der Waals surface area (Å²) in [5, 5.41) is 2.90. The number of nitrogens with one attached hydrogen (secondary N) is 1. The molecule has 28 heavy (non-hydrogen) atoms. The Balaban J connectivity index is 1.72. The number of ether oxygens (including phenoxy) is 1. The van der Waals surface area contributed by atoms with Crippen molar-refractivity contribution in [1.82, 2.24) is 14.4 Å². The third-order valence-electron chi connectivity index (χ3n) is 3.79. The van der Waals surface area contributed by atoms with E-state index in [0.717, 1.165) is 17.3 Å². The van der Waals surface area contributed by atoms with Crippen LogP contribution in [0.2, 0.25) is 0 Å². The highest BCUT2D eigenvalue weighted by Crippen LogP contribution is 2.18. The molecule has 9 heteroatoms. The molecule has 0 aliphatic heterocycles. The third-order valence-corrected chi connectivity index (χ3v) is 4.64. The fraction of sp³-hybridized carbons (Fsp3) is 0.211. The van der Waals surface area contributed by atoms with Crippen LogP contribution < -0.4 is 11.0 Å². The van der Waals surface area contributed by atoms with Crippen molar-refractivity contribution in [3.8, 4) is 0 Å². The summed E-state index contributed by atoms with van der Waals surface area (Å²) in [5.74, 6) is -0.874. The van der Waals surface area contributed by atoms with Crippen molar-refractivity contribution < 1.29 is 14.3 Å². The van der Waals surface area contributed by atoms with Gasteiger partial charge in [-0.25, -0.2) is 14.6 Å². The maximum absolute atomic E-state index is 12.3. The Bertz CT molecular complexity index is 1100. The van der Waals surface area contributed by atoms with Crippen LogP contribution in [0.5, 0.6) is 0 Å². The van der Waals surface area contributed by atoms with E-state index in [1.54, 1.807) is 43.5 Å². The molecule has 3 rings (SSSR count). The molecule has 0 aliphatic carbocycles. The summed E-state index contributed by atoms with van der Waals surface area (Å²) < 4.78 is 6.35. The Hall–Kier alpha value is -3.20. The summed E-state index contributed by atoms with van der Waals surface area (Å²) in [5.41, 5.74) is 1.51. The lowest BCUT2D eigenvalue weighted by Crippen LogP contribution is -2.21. The number of carbonyl (C=O) groups is 2. The molecule has 8 nitrogen and oxygen atoms in total. The van der Waals surface area contributed by atoms with E-state index in [1.807, 2.05) is 13.0 Å². The molecular formula is C19H18N4O4S. The van der Waals surface area contributed by atoms with E-state index in [0.29, 0.717) is 11.3 Å². The summed E-state index contributed by atoms with van der Waals surface area (Å²) in [4.78, 5) is 44.7. The van der Waals surface area contributed by atoms with Crippen LogP contribution in [0.3, 0.4) is 0 Å². The van der Waals surface area contributed by atoms with E-state index < -0.39 is 11.7 Å². The molecule has 2 heterocycles. The molecule has 0 saturated carbocycles. The third kappa shape index (κ3) is 4.37. The normalized spacial score (nSPS) is 10.6. The molecule has 2 aromatic heterocycles. The minimum atomic E-state index is -0.507. The Labute approximate surface area is 165 Å². The van der Waals surface area contributed by atoms with Crippen LogP contribution in [0.4, 0.5) is 5.69 Å². The topological polar surface area (TPSA) is 103 Å². The van der Waals surface area contributed by atoms with Gasteiger partial charge in [0.1, 0.15) is 5.65 Å². The van der Waals surface area contributed by atoms with E-state index in [1.165, 1.54) is 4.40 Å². The SMILES string of the molecule is CCOC(=O)c1ccccc1NC(=O)CSc1nc(=O)n2cccc(C)c2n1. The summed E-state index contributed by atoms with van der Waals surface area (Å²) in [6.07, 6.45) is 1.60. The van der Waals surface area contributed by atoms with E-state index in [4.69, 9.17) is 4.74 Å². The van der Waals surface area contributed by atoms with Gasteiger partial charge in [0, 0.05) is 6.20 Å². The molecule has 0 aliphatic rings. The number of benzene rings is 1. The number of fused-ring (bicyclic) bond motifs is 1. The van der Waals surface area contributed by atoms with Crippen molar-refractivity contribution in [3.05, 3.63) is 64.2 Å². The number of thioether (sulfide) groups is 1. The number of rotatable bonds is 6. The molecule has 1 aromatic carbocycles. The fourth-order valence-corrected chi connectivity index (χ4v) is 3.14. The van der Waals surface area contributed by atoms with Gasteiger partial charge in [-0.1, -0.05) is 30.0 Å². The standard InChI is InChI=1S/C19H18N4O4S/c1-3-27-17(25)13-8-4-5-9-14(13)20-15(24)11-28-18-21-16-12(2)7-6-10-23(16)19(26)22-18/h4-10H,3,11H2,1-2H3,(H,20,24). The fourth-order valence-electron chi connectivity index (χ4n) is 2.52. The summed E-state index contributed by atoms with van der Waals surface area (Å²) >= 11 is 1.05. The zero-order chi connectivity index (χ0) is 20.1. The number of aromatic nitrogens is 3. The van der Waals surface area contributed by atoms with Crippen LogP contribution in [-0.4, -0.2) is 38.6 Å². The first-order chi connectivity index (χ1) is 13.5. The van der Waals surface area contributed by atoms with Crippen LogP contribution in [0.1, 0.15) is 22.8 Å². The quantitative estimate of drug-likeness (QED) is 0.502. The van der Waals surface area contributed by atoms with Gasteiger partial charge in [-0.3, -0.25) is 9.20 Å². The lowest BCUT2D eigenvalue weighted by molar-refractivity contribution is -0.113. The Kier molecular flexibility index (Phi) is 6.05. The van der Waals surface area contributed by atoms with Gasteiger partial charge in [0.2, 0.25) is 5.91 Å². The summed E-state index contributed by atoms with van der Waals surface area (Å²) in [6, 6.07) is 10.2. The molecule has 0 fully saturated rings. The molecule has 0 bridgehead atoms. The number of pyridine rings is 1. The first-order valence-corrected chi connectivity index (χ1v) is 9.53. The van der Waals surface area contributed by atoms with Crippen molar-refractivity contribution in [3.63, 3.8) is 0 Å². The van der Waals surface area contributed by atoms with Crippen LogP contribution >= 0.6 is 11.8 Å². The smallest absolute Gasteiger partial charge is 0.355 e. The maximum Gasteiger partial charge on any atom is 0.355 e. The van der Waals surface area contributed by atoms with Gasteiger partial charge in [-0.2, -0.15) is 4.98 Å². The van der Waals surface area contributed by atoms with E-state index in [-0.39, 0.29) is 29.0 Å². The monoisotopic (exact) mass is 398 g/mol. The number of aryl methyl sites for hydroxylation is 1. The number of nitrogens with zero attached hydrogens (tertiary/aromatic N) is 3. The van der Waals surface area contributed by atoms with Gasteiger partial charge in [-0.15, -0.1) is 0 Å². The highest BCUT2D eigenvalue weighted by atomic mass is 32.2. The Morgan fingerprint density at radius 2 is 1.96 bits per heavy atom. The minimum Gasteiger partial charge on any atom is -0.462 e. The molecule has 144 valence electrons. The average molecular weight is 398 g/mol. The van der Waals surface area contributed by atoms with Crippen LogP contribution in [-0.2, 0) is 9.53 Å². The van der Waals surface area contributed by atoms with Crippen molar-refractivity contribution in [2.24, 2.45) is 0 Å². The van der Waals surface area contributed by atoms with Gasteiger partial charge in [0.05, 0.1) is 23.6 Å². The molecule has 0 radical (unpaired) electrons. The minimum absolute atomic E-state index is 0.0152. The van der Waals surface area contributed by atoms with Crippen molar-refractivity contribution in [1.29, 1.82) is 0 Å². The summed E-state index contributed by atoms with van der Waals surface area (Å²) in [7, 11) is 0. The molecule has 1 amide bonds. The second-order valence-corrected chi connectivity index (χ2v) is 6.72. The molecule has 0 spiro atoms. The first kappa shape index (κ1) is 19.6. The maximum atomic E-state index is 12.3. The van der Waals surface area contributed by atoms with Gasteiger partial charge < -0.3 is 10.1 Å². The van der Waals surface area contributed by atoms with Gasteiger partial charge in [-0.05, 0) is 37.6 Å². The second-order valence-electron chi connectivity index (χ2n) is 5.78. The highest BCUT2D eigenvalue weighted by Gasteiger charge is 2.15. The van der Waals surface area contributed by atoms with Crippen LogP contribution in [0.15, 0.2) is 52.5 Å². The van der Waals surface area contributed by atoms with Crippen molar-refractivity contribution in [2.75, 3.05) is 17.7 Å². The number of carbonyl (C=O) groups excluding carboxylic acids is 2. The Morgan fingerprint density at radius 1 is 1.18 bits per heavy atom. The van der Waals surface area contributed by atoms with Gasteiger partial charge in [0.25, 0.3) is 0 Å². The lowest BCUT2D eigenvalue weighted by atomic mass is 10.2. The highest BCUT2D eigenvalue weighted by molar-refractivity contribution is 7.99. The zero-order valence-corrected chi connectivity index (χ0v) is 16.2. The number of hydrogen-bond acceptors (Lipinski definition) is 7. The van der Waals surface area contributed by atoms with Crippen LogP contribution in [0, 0.1) is 6.92 Å². The Morgan fingerprint density at radius 3 is 2.75 bits per heavy atom. The zero-order valence-electron chi connectivity index (χ0n) is 15.3. The van der Waals surface area contributed by atoms with Crippen molar-refractivity contribution >= 4 is 35.0 Å².